The number of hydrogen-bond acceptors (Lipinski definition) is 6. The van der Waals surface area contributed by atoms with Crippen LogP contribution >= 0.6 is 22.9 Å². The molecule has 27 heavy (non-hydrogen) atoms. The molecule has 0 bridgehead atoms. The van der Waals surface area contributed by atoms with E-state index in [0.29, 0.717) is 29.6 Å². The first-order valence-electron chi connectivity index (χ1n) is 8.50. The van der Waals surface area contributed by atoms with E-state index in [1.165, 1.54) is 11.3 Å². The van der Waals surface area contributed by atoms with Crippen molar-refractivity contribution >= 4 is 40.2 Å². The van der Waals surface area contributed by atoms with Crippen LogP contribution in [0, 0.1) is 0 Å². The first kappa shape index (κ1) is 17.9. The number of pyridine rings is 1. The summed E-state index contributed by atoms with van der Waals surface area (Å²) < 4.78 is 5.37. The summed E-state index contributed by atoms with van der Waals surface area (Å²) >= 11 is 7.83. The highest BCUT2D eigenvalue weighted by Gasteiger charge is 2.16. The van der Waals surface area contributed by atoms with Crippen molar-refractivity contribution in [1.29, 1.82) is 0 Å². The molecule has 0 atom stereocenters. The topological polar surface area (TPSA) is 67.4 Å². The van der Waals surface area contributed by atoms with Crippen molar-refractivity contribution in [2.45, 2.75) is 0 Å². The minimum absolute atomic E-state index is 0.267. The quantitative estimate of drug-likeness (QED) is 0.718. The number of ether oxygens (including phenoxy) is 1. The van der Waals surface area contributed by atoms with Crippen LogP contribution in [0.15, 0.2) is 48.1 Å². The smallest absolute Gasteiger partial charge is 0.275 e. The molecule has 0 spiro atoms. The fourth-order valence-electron chi connectivity index (χ4n) is 2.84. The first-order valence-corrected chi connectivity index (χ1v) is 9.76. The zero-order valence-electron chi connectivity index (χ0n) is 14.4. The van der Waals surface area contributed by atoms with E-state index >= 15 is 0 Å². The van der Waals surface area contributed by atoms with Gasteiger partial charge >= 0.3 is 0 Å². The third-order valence-corrected chi connectivity index (χ3v) is 5.40. The van der Waals surface area contributed by atoms with Crippen molar-refractivity contribution in [2.24, 2.45) is 0 Å². The van der Waals surface area contributed by atoms with Gasteiger partial charge in [-0.05, 0) is 30.3 Å². The lowest BCUT2D eigenvalue weighted by Crippen LogP contribution is -2.36. The molecule has 1 amide bonds. The maximum absolute atomic E-state index is 12.5. The van der Waals surface area contributed by atoms with Gasteiger partial charge in [0, 0.05) is 42.1 Å². The number of carbonyl (C=O) groups is 1. The normalized spacial score (nSPS) is 14.2. The van der Waals surface area contributed by atoms with Gasteiger partial charge in [-0.25, -0.2) is 4.98 Å². The molecule has 4 rings (SSSR count). The summed E-state index contributed by atoms with van der Waals surface area (Å²) in [7, 11) is 0. The summed E-state index contributed by atoms with van der Waals surface area (Å²) in [5.41, 5.74) is 2.84. The third kappa shape index (κ3) is 4.10. The molecule has 0 aliphatic carbocycles. The van der Waals surface area contributed by atoms with Gasteiger partial charge in [-0.3, -0.25) is 9.78 Å². The summed E-state index contributed by atoms with van der Waals surface area (Å²) in [5.74, 6) is -0.267. The SMILES string of the molecule is O=C(Nc1ccc(N2CCOCC2)c(Cl)c1)c1csc(-c2cccnc2)n1. The second-order valence-electron chi connectivity index (χ2n) is 6.00. The lowest BCUT2D eigenvalue weighted by Gasteiger charge is -2.29. The van der Waals surface area contributed by atoms with Gasteiger partial charge in [-0.15, -0.1) is 11.3 Å². The average Bonchev–Trinajstić information content (AvgIpc) is 3.20. The summed E-state index contributed by atoms with van der Waals surface area (Å²) in [6.45, 7) is 3.00. The van der Waals surface area contributed by atoms with Crippen molar-refractivity contribution in [3.05, 3.63) is 58.8 Å². The van der Waals surface area contributed by atoms with E-state index in [-0.39, 0.29) is 5.91 Å². The molecule has 8 heteroatoms. The van der Waals surface area contributed by atoms with Gasteiger partial charge in [-0.1, -0.05) is 11.6 Å². The molecule has 1 aromatic carbocycles. The standard InChI is InChI=1S/C19H17ClN4O2S/c20-15-10-14(3-4-17(15)24-6-8-26-9-7-24)22-18(25)16-12-27-19(23-16)13-2-1-5-21-11-13/h1-5,10-12H,6-9H2,(H,22,25). The summed E-state index contributed by atoms with van der Waals surface area (Å²) in [4.78, 5) is 23.2. The minimum Gasteiger partial charge on any atom is -0.378 e. The summed E-state index contributed by atoms with van der Waals surface area (Å²) in [5, 5.41) is 5.95. The second kappa shape index (κ2) is 8.04. The predicted molar refractivity (Wildman–Crippen MR) is 108 cm³/mol. The molecule has 0 saturated carbocycles. The number of rotatable bonds is 4. The van der Waals surface area contributed by atoms with Gasteiger partial charge in [0.1, 0.15) is 10.7 Å². The van der Waals surface area contributed by atoms with Crippen LogP contribution in [0.4, 0.5) is 11.4 Å². The molecule has 1 N–H and O–H groups in total. The van der Waals surface area contributed by atoms with E-state index < -0.39 is 0 Å². The number of nitrogens with zero attached hydrogens (tertiary/aromatic N) is 3. The molecule has 6 nitrogen and oxygen atoms in total. The molecule has 0 radical (unpaired) electrons. The van der Waals surface area contributed by atoms with Gasteiger partial charge in [0.2, 0.25) is 0 Å². The zero-order chi connectivity index (χ0) is 18.6. The minimum atomic E-state index is -0.267. The van der Waals surface area contributed by atoms with Crippen LogP contribution in [-0.2, 0) is 4.74 Å². The van der Waals surface area contributed by atoms with Crippen molar-refractivity contribution < 1.29 is 9.53 Å². The fourth-order valence-corrected chi connectivity index (χ4v) is 3.93. The monoisotopic (exact) mass is 400 g/mol. The fraction of sp³-hybridized carbons (Fsp3) is 0.211. The number of anilines is 2. The number of morpholine rings is 1. The molecule has 0 unspecified atom stereocenters. The van der Waals surface area contributed by atoms with Gasteiger partial charge in [0.15, 0.2) is 0 Å². The van der Waals surface area contributed by atoms with Crippen LogP contribution in [0.5, 0.6) is 0 Å². The Morgan fingerprint density at radius 1 is 1.26 bits per heavy atom. The Labute approximate surface area is 165 Å². The highest BCUT2D eigenvalue weighted by molar-refractivity contribution is 7.13. The number of amides is 1. The summed E-state index contributed by atoms with van der Waals surface area (Å²) in [6, 6.07) is 9.29. The van der Waals surface area contributed by atoms with Gasteiger partial charge < -0.3 is 15.0 Å². The highest BCUT2D eigenvalue weighted by Crippen LogP contribution is 2.30. The van der Waals surface area contributed by atoms with Crippen LogP contribution in [0.1, 0.15) is 10.5 Å². The maximum atomic E-state index is 12.5. The van der Waals surface area contributed by atoms with E-state index in [0.717, 1.165) is 29.3 Å². The van der Waals surface area contributed by atoms with Gasteiger partial charge in [-0.2, -0.15) is 0 Å². The van der Waals surface area contributed by atoms with Gasteiger partial charge in [0.25, 0.3) is 5.91 Å². The van der Waals surface area contributed by atoms with E-state index in [1.54, 1.807) is 23.8 Å². The number of thiazole rings is 1. The predicted octanol–water partition coefficient (Wildman–Crippen LogP) is 3.95. The molecule has 1 saturated heterocycles. The third-order valence-electron chi connectivity index (χ3n) is 4.20. The molecule has 1 aliphatic heterocycles. The lowest BCUT2D eigenvalue weighted by molar-refractivity contribution is 0.102. The number of halogens is 1. The number of nitrogens with one attached hydrogen (secondary N) is 1. The van der Waals surface area contributed by atoms with Crippen molar-refractivity contribution in [2.75, 3.05) is 36.5 Å². The molecular weight excluding hydrogens is 384 g/mol. The van der Waals surface area contributed by atoms with Crippen molar-refractivity contribution in [1.82, 2.24) is 9.97 Å². The Hall–Kier alpha value is -2.48. The van der Waals surface area contributed by atoms with E-state index in [4.69, 9.17) is 16.3 Å². The Kier molecular flexibility index (Phi) is 5.33. The van der Waals surface area contributed by atoms with Crippen LogP contribution in [-0.4, -0.2) is 42.2 Å². The second-order valence-corrected chi connectivity index (χ2v) is 7.26. The number of aromatic nitrogens is 2. The zero-order valence-corrected chi connectivity index (χ0v) is 16.0. The molecule has 1 aliphatic rings. The van der Waals surface area contributed by atoms with E-state index in [2.05, 4.69) is 20.2 Å². The largest absolute Gasteiger partial charge is 0.378 e. The van der Waals surface area contributed by atoms with Gasteiger partial charge in [0.05, 0.1) is 23.9 Å². The van der Waals surface area contributed by atoms with Crippen molar-refractivity contribution in [3.8, 4) is 10.6 Å². The highest BCUT2D eigenvalue weighted by atomic mass is 35.5. The van der Waals surface area contributed by atoms with E-state index in [9.17, 15) is 4.79 Å². The maximum Gasteiger partial charge on any atom is 0.275 e. The average molecular weight is 401 g/mol. The Morgan fingerprint density at radius 3 is 2.85 bits per heavy atom. The van der Waals surface area contributed by atoms with Crippen LogP contribution in [0.25, 0.3) is 10.6 Å². The number of carbonyl (C=O) groups excluding carboxylic acids is 1. The lowest BCUT2D eigenvalue weighted by atomic mass is 10.2. The number of hydrogen-bond donors (Lipinski definition) is 1. The van der Waals surface area contributed by atoms with Crippen molar-refractivity contribution in [3.63, 3.8) is 0 Å². The Balaban J connectivity index is 1.47. The molecule has 2 aromatic heterocycles. The molecular formula is C19H17ClN4O2S. The van der Waals surface area contributed by atoms with Crippen LogP contribution in [0.2, 0.25) is 5.02 Å². The summed E-state index contributed by atoms with van der Waals surface area (Å²) in [6.07, 6.45) is 3.43. The first-order chi connectivity index (χ1) is 13.2. The van der Waals surface area contributed by atoms with E-state index in [1.807, 2.05) is 24.3 Å². The molecule has 3 aromatic rings. The molecule has 1 fully saturated rings. The molecule has 138 valence electrons. The Morgan fingerprint density at radius 2 is 2.11 bits per heavy atom. The Bertz CT molecular complexity index is 942. The van der Waals surface area contributed by atoms with Crippen LogP contribution < -0.4 is 10.2 Å². The number of benzene rings is 1. The van der Waals surface area contributed by atoms with Crippen LogP contribution in [0.3, 0.4) is 0 Å². The molecule has 3 heterocycles.